The highest BCUT2D eigenvalue weighted by molar-refractivity contribution is 6.44. The smallest absolute Gasteiger partial charge is 0.410 e. The van der Waals surface area contributed by atoms with Crippen LogP contribution in [-0.4, -0.2) is 88.7 Å². The number of carbonyl (C=O) groups is 3. The van der Waals surface area contributed by atoms with Crippen molar-refractivity contribution in [2.24, 2.45) is 5.16 Å². The van der Waals surface area contributed by atoms with Crippen molar-refractivity contribution in [2.75, 3.05) is 32.8 Å². The first-order valence-corrected chi connectivity index (χ1v) is 10.1. The zero-order chi connectivity index (χ0) is 21.5. The van der Waals surface area contributed by atoms with Crippen LogP contribution in [-0.2, 0) is 23.9 Å². The van der Waals surface area contributed by atoms with Crippen molar-refractivity contribution in [3.05, 3.63) is 18.0 Å². The number of amides is 2. The molecule has 0 aromatic carbocycles. The van der Waals surface area contributed by atoms with E-state index in [9.17, 15) is 14.4 Å². The highest BCUT2D eigenvalue weighted by atomic mass is 16.7. The van der Waals surface area contributed by atoms with Gasteiger partial charge in [0.25, 0.3) is 5.91 Å². The highest BCUT2D eigenvalue weighted by Gasteiger charge is 2.38. The SMILES string of the molecule is CCOC(=O)CO/N=C(/C(=O)N1CCC(N2CC(CC)OC2=O)CC1)c1ccn[nH]1. The number of H-pyrrole nitrogens is 1. The number of hydrogen-bond donors (Lipinski definition) is 1. The number of aromatic nitrogens is 2. The molecule has 1 aromatic rings. The Morgan fingerprint density at radius 2 is 2.10 bits per heavy atom. The van der Waals surface area contributed by atoms with Crippen molar-refractivity contribution in [3.63, 3.8) is 0 Å². The zero-order valence-corrected chi connectivity index (χ0v) is 17.2. The van der Waals surface area contributed by atoms with E-state index in [1.807, 2.05) is 6.92 Å². The molecule has 2 fully saturated rings. The Morgan fingerprint density at radius 1 is 1.33 bits per heavy atom. The van der Waals surface area contributed by atoms with Gasteiger partial charge in [-0.2, -0.15) is 5.10 Å². The fourth-order valence-electron chi connectivity index (χ4n) is 3.53. The third-order valence-electron chi connectivity index (χ3n) is 5.15. The van der Waals surface area contributed by atoms with Crippen molar-refractivity contribution >= 4 is 23.7 Å². The largest absolute Gasteiger partial charge is 0.463 e. The Labute approximate surface area is 174 Å². The molecule has 11 heteroatoms. The van der Waals surface area contributed by atoms with E-state index in [0.29, 0.717) is 38.2 Å². The van der Waals surface area contributed by atoms with Gasteiger partial charge in [0.1, 0.15) is 6.10 Å². The molecule has 3 rings (SSSR count). The fourth-order valence-corrected chi connectivity index (χ4v) is 3.53. The molecule has 0 bridgehead atoms. The highest BCUT2D eigenvalue weighted by Crippen LogP contribution is 2.24. The van der Waals surface area contributed by atoms with Crippen LogP contribution in [0.2, 0.25) is 0 Å². The lowest BCUT2D eigenvalue weighted by Crippen LogP contribution is -2.49. The van der Waals surface area contributed by atoms with Crippen LogP contribution in [0.4, 0.5) is 4.79 Å². The third kappa shape index (κ3) is 5.08. The normalized spacial score (nSPS) is 20.3. The van der Waals surface area contributed by atoms with Gasteiger partial charge in [-0.1, -0.05) is 12.1 Å². The lowest BCUT2D eigenvalue weighted by Gasteiger charge is -2.35. The molecule has 3 heterocycles. The van der Waals surface area contributed by atoms with E-state index in [1.54, 1.807) is 22.8 Å². The lowest BCUT2D eigenvalue weighted by atomic mass is 10.0. The van der Waals surface area contributed by atoms with Gasteiger partial charge in [-0.15, -0.1) is 0 Å². The Balaban J connectivity index is 1.60. The molecule has 2 amide bonds. The second kappa shape index (κ2) is 10.1. The zero-order valence-electron chi connectivity index (χ0n) is 17.2. The van der Waals surface area contributed by atoms with Crippen LogP contribution >= 0.6 is 0 Å². The summed E-state index contributed by atoms with van der Waals surface area (Å²) in [5, 5.41) is 10.4. The standard InChI is InChI=1S/C19H27N5O6/c1-3-14-11-24(19(27)30-14)13-6-9-23(10-7-13)18(26)17(15-5-8-20-21-15)22-29-12-16(25)28-4-2/h5,8,13-14H,3-4,6-7,9-12H2,1-2H3,(H,20,21)/b22-17+. The minimum atomic E-state index is -0.568. The summed E-state index contributed by atoms with van der Waals surface area (Å²) in [6.45, 7) is 5.05. The summed E-state index contributed by atoms with van der Waals surface area (Å²) < 4.78 is 10.1. The first kappa shape index (κ1) is 21.6. The molecular formula is C19H27N5O6. The van der Waals surface area contributed by atoms with E-state index in [0.717, 1.165) is 6.42 Å². The molecule has 2 aliphatic heterocycles. The molecule has 0 aliphatic carbocycles. The summed E-state index contributed by atoms with van der Waals surface area (Å²) in [7, 11) is 0. The van der Waals surface area contributed by atoms with Gasteiger partial charge in [0.15, 0.2) is 5.71 Å². The van der Waals surface area contributed by atoms with E-state index in [-0.39, 0.29) is 36.5 Å². The Morgan fingerprint density at radius 3 is 2.70 bits per heavy atom. The Bertz CT molecular complexity index is 772. The number of oxime groups is 1. The van der Waals surface area contributed by atoms with E-state index in [1.165, 1.54) is 6.20 Å². The minimum Gasteiger partial charge on any atom is -0.463 e. The van der Waals surface area contributed by atoms with Gasteiger partial charge in [-0.3, -0.25) is 9.89 Å². The van der Waals surface area contributed by atoms with Crippen LogP contribution in [0.1, 0.15) is 38.8 Å². The van der Waals surface area contributed by atoms with Gasteiger partial charge in [0, 0.05) is 25.3 Å². The number of cyclic esters (lactones) is 1. The Kier molecular flexibility index (Phi) is 7.26. The third-order valence-corrected chi connectivity index (χ3v) is 5.15. The van der Waals surface area contributed by atoms with Crippen LogP contribution in [0.5, 0.6) is 0 Å². The summed E-state index contributed by atoms with van der Waals surface area (Å²) >= 11 is 0. The number of nitrogens with one attached hydrogen (secondary N) is 1. The Hall–Kier alpha value is -3.11. The predicted molar refractivity (Wildman–Crippen MR) is 105 cm³/mol. The quantitative estimate of drug-likeness (QED) is 0.376. The van der Waals surface area contributed by atoms with Crippen molar-refractivity contribution in [3.8, 4) is 0 Å². The molecule has 1 N–H and O–H groups in total. The molecule has 2 aliphatic rings. The molecule has 0 saturated carbocycles. The molecule has 0 radical (unpaired) electrons. The van der Waals surface area contributed by atoms with Gasteiger partial charge in [0.2, 0.25) is 6.61 Å². The number of esters is 1. The maximum atomic E-state index is 13.0. The van der Waals surface area contributed by atoms with E-state index in [2.05, 4.69) is 15.4 Å². The van der Waals surface area contributed by atoms with Gasteiger partial charge < -0.3 is 24.1 Å². The number of carbonyl (C=O) groups excluding carboxylic acids is 3. The predicted octanol–water partition coefficient (Wildman–Crippen LogP) is 0.915. The van der Waals surface area contributed by atoms with Gasteiger partial charge in [-0.25, -0.2) is 9.59 Å². The first-order chi connectivity index (χ1) is 14.5. The molecule has 30 heavy (non-hydrogen) atoms. The van der Waals surface area contributed by atoms with Crippen molar-refractivity contribution in [2.45, 2.75) is 45.3 Å². The molecule has 1 atom stereocenters. The number of aromatic amines is 1. The summed E-state index contributed by atoms with van der Waals surface area (Å²) in [4.78, 5) is 45.0. The summed E-state index contributed by atoms with van der Waals surface area (Å²) in [6, 6.07) is 1.65. The van der Waals surface area contributed by atoms with E-state index >= 15 is 0 Å². The van der Waals surface area contributed by atoms with E-state index < -0.39 is 12.6 Å². The molecule has 1 aromatic heterocycles. The fraction of sp³-hybridized carbons (Fsp3) is 0.632. The summed E-state index contributed by atoms with van der Waals surface area (Å²) in [5.74, 6) is -0.904. The van der Waals surface area contributed by atoms with Gasteiger partial charge in [0.05, 0.1) is 18.8 Å². The molecule has 0 spiro atoms. The van der Waals surface area contributed by atoms with Crippen LogP contribution in [0, 0.1) is 0 Å². The van der Waals surface area contributed by atoms with Crippen LogP contribution in [0.15, 0.2) is 17.4 Å². The van der Waals surface area contributed by atoms with Crippen molar-refractivity contribution in [1.29, 1.82) is 0 Å². The van der Waals surface area contributed by atoms with Gasteiger partial charge >= 0.3 is 12.1 Å². The summed E-state index contributed by atoms with van der Waals surface area (Å²) in [5.41, 5.74) is 0.418. The number of ether oxygens (including phenoxy) is 2. The second-order valence-electron chi connectivity index (χ2n) is 7.08. The molecular weight excluding hydrogens is 394 g/mol. The number of likely N-dealkylation sites (tertiary alicyclic amines) is 1. The van der Waals surface area contributed by atoms with Crippen molar-refractivity contribution in [1.82, 2.24) is 20.0 Å². The molecule has 164 valence electrons. The van der Waals surface area contributed by atoms with Crippen LogP contribution in [0.25, 0.3) is 0 Å². The number of rotatable bonds is 8. The van der Waals surface area contributed by atoms with E-state index in [4.69, 9.17) is 14.3 Å². The number of hydrogen-bond acceptors (Lipinski definition) is 8. The lowest BCUT2D eigenvalue weighted by molar-refractivity contribution is -0.148. The second-order valence-corrected chi connectivity index (χ2v) is 7.08. The maximum Gasteiger partial charge on any atom is 0.410 e. The average Bonchev–Trinajstić information content (AvgIpc) is 3.41. The minimum absolute atomic E-state index is 0.0295. The van der Waals surface area contributed by atoms with Gasteiger partial charge in [-0.05, 0) is 32.3 Å². The van der Waals surface area contributed by atoms with Crippen LogP contribution < -0.4 is 0 Å². The first-order valence-electron chi connectivity index (χ1n) is 10.1. The maximum absolute atomic E-state index is 13.0. The monoisotopic (exact) mass is 421 g/mol. The number of nitrogens with zero attached hydrogens (tertiary/aromatic N) is 4. The topological polar surface area (TPSA) is 126 Å². The molecule has 1 unspecified atom stereocenters. The summed E-state index contributed by atoms with van der Waals surface area (Å²) in [6.07, 6.45) is 3.24. The molecule has 11 nitrogen and oxygen atoms in total. The molecule has 2 saturated heterocycles. The van der Waals surface area contributed by atoms with Crippen molar-refractivity contribution < 1.29 is 28.7 Å². The average molecular weight is 421 g/mol. The number of piperidine rings is 1. The van der Waals surface area contributed by atoms with Crippen LogP contribution in [0.3, 0.4) is 0 Å².